The third-order valence-electron chi connectivity index (χ3n) is 2.17. The number of sulfone groups is 1. The van der Waals surface area contributed by atoms with E-state index in [4.69, 9.17) is 11.6 Å². The lowest BCUT2D eigenvalue weighted by Crippen LogP contribution is -2.21. The molecule has 1 aromatic carbocycles. The molecule has 14 heavy (non-hydrogen) atoms. The topological polar surface area (TPSA) is 51.2 Å². The molecule has 0 aromatic heterocycles. The van der Waals surface area contributed by atoms with Crippen molar-refractivity contribution >= 4 is 27.2 Å². The fourth-order valence-electron chi connectivity index (χ4n) is 1.46. The zero-order chi connectivity index (χ0) is 10.3. The summed E-state index contributed by atoms with van der Waals surface area (Å²) in [5.74, 6) is -0.252. The molecular weight excluding hydrogens is 224 g/mol. The largest absolute Gasteiger partial charge is 0.294 e. The van der Waals surface area contributed by atoms with Crippen LogP contribution < -0.4 is 0 Å². The molecule has 74 valence electrons. The summed E-state index contributed by atoms with van der Waals surface area (Å²) in [7, 11) is -3.27. The van der Waals surface area contributed by atoms with Crippen LogP contribution in [0, 0.1) is 0 Å². The Labute approximate surface area is 86.6 Å². The van der Waals surface area contributed by atoms with Gasteiger partial charge in [0.15, 0.2) is 15.6 Å². The minimum Gasteiger partial charge on any atom is -0.294 e. The molecule has 5 heteroatoms. The third-order valence-corrected chi connectivity index (χ3v) is 4.18. The van der Waals surface area contributed by atoms with Crippen molar-refractivity contribution in [2.75, 3.05) is 5.75 Å². The van der Waals surface area contributed by atoms with Crippen LogP contribution in [0.1, 0.15) is 16.8 Å². The molecule has 0 bridgehead atoms. The lowest BCUT2D eigenvalue weighted by atomic mass is 10.1. The van der Waals surface area contributed by atoms with Gasteiger partial charge in [0.25, 0.3) is 0 Å². The number of hydrogen-bond donors (Lipinski definition) is 0. The molecule has 0 spiro atoms. The van der Waals surface area contributed by atoms with E-state index in [9.17, 15) is 13.2 Å². The highest BCUT2D eigenvalue weighted by molar-refractivity contribution is 7.91. The van der Waals surface area contributed by atoms with E-state index in [0.29, 0.717) is 5.02 Å². The van der Waals surface area contributed by atoms with E-state index in [1.165, 1.54) is 18.2 Å². The van der Waals surface area contributed by atoms with Crippen LogP contribution in [0.2, 0.25) is 5.02 Å². The predicted octanol–water partition coefficient (Wildman–Crippen LogP) is 1.70. The van der Waals surface area contributed by atoms with Gasteiger partial charge in [-0.2, -0.15) is 0 Å². The van der Waals surface area contributed by atoms with Crippen LogP contribution in [0.5, 0.6) is 0 Å². The second-order valence-electron chi connectivity index (χ2n) is 3.13. The van der Waals surface area contributed by atoms with Crippen molar-refractivity contribution < 1.29 is 13.2 Å². The van der Waals surface area contributed by atoms with E-state index in [-0.39, 0.29) is 28.4 Å². The lowest BCUT2D eigenvalue weighted by Gasteiger charge is -2.14. The van der Waals surface area contributed by atoms with Gasteiger partial charge in [0, 0.05) is 17.0 Å². The van der Waals surface area contributed by atoms with Gasteiger partial charge in [-0.05, 0) is 18.2 Å². The molecule has 0 saturated heterocycles. The summed E-state index contributed by atoms with van der Waals surface area (Å²) in [5.41, 5.74) is 0.226. The molecule has 1 heterocycles. The Morgan fingerprint density at radius 1 is 1.29 bits per heavy atom. The molecule has 0 aliphatic carbocycles. The van der Waals surface area contributed by atoms with Crippen LogP contribution in [0.4, 0.5) is 0 Å². The molecule has 0 atom stereocenters. The van der Waals surface area contributed by atoms with Crippen LogP contribution in [-0.2, 0) is 9.84 Å². The number of rotatable bonds is 0. The van der Waals surface area contributed by atoms with E-state index < -0.39 is 9.84 Å². The number of ketones is 1. The molecule has 0 amide bonds. The standard InChI is InChI=1S/C9H7ClO3S/c10-6-1-2-9-7(5-6)8(11)3-4-14(9,12)13/h1-2,5H,3-4H2. The maximum atomic E-state index is 11.5. The molecule has 1 aliphatic heterocycles. The molecule has 2 rings (SSSR count). The van der Waals surface area contributed by atoms with Gasteiger partial charge in [-0.3, -0.25) is 4.79 Å². The number of halogens is 1. The second kappa shape index (κ2) is 3.07. The minimum absolute atomic E-state index is 0.0513. The van der Waals surface area contributed by atoms with Gasteiger partial charge >= 0.3 is 0 Å². The SMILES string of the molecule is O=C1CCS(=O)(=O)c2ccc(Cl)cc21. The highest BCUT2D eigenvalue weighted by Gasteiger charge is 2.28. The molecule has 1 aromatic rings. The third kappa shape index (κ3) is 1.44. The van der Waals surface area contributed by atoms with Crippen molar-refractivity contribution in [1.82, 2.24) is 0 Å². The van der Waals surface area contributed by atoms with Crippen molar-refractivity contribution in [2.24, 2.45) is 0 Å². The monoisotopic (exact) mass is 230 g/mol. The smallest absolute Gasteiger partial charge is 0.179 e. The molecule has 0 radical (unpaired) electrons. The summed E-state index contributed by atoms with van der Waals surface area (Å²) in [6, 6.07) is 4.29. The Kier molecular flexibility index (Phi) is 2.12. The fourth-order valence-corrected chi connectivity index (χ4v) is 3.09. The average molecular weight is 231 g/mol. The lowest BCUT2D eigenvalue weighted by molar-refractivity contribution is 0.0983. The molecule has 0 fully saturated rings. The summed E-state index contributed by atoms with van der Waals surface area (Å²) in [4.78, 5) is 11.5. The summed E-state index contributed by atoms with van der Waals surface area (Å²) < 4.78 is 23.1. The highest BCUT2D eigenvalue weighted by atomic mass is 35.5. The number of carbonyl (C=O) groups is 1. The summed E-state index contributed by atoms with van der Waals surface area (Å²) in [6.07, 6.45) is 0.0513. The number of fused-ring (bicyclic) bond motifs is 1. The molecular formula is C9H7ClO3S. The Hall–Kier alpha value is -0.870. The summed E-state index contributed by atoms with van der Waals surface area (Å²) in [5, 5.41) is 0.384. The van der Waals surface area contributed by atoms with Gasteiger partial charge in [-0.25, -0.2) is 8.42 Å². The zero-order valence-corrected chi connectivity index (χ0v) is 8.73. The molecule has 1 aliphatic rings. The van der Waals surface area contributed by atoms with Gasteiger partial charge in [0.1, 0.15) is 0 Å². The first-order chi connectivity index (χ1) is 6.50. The number of hydrogen-bond acceptors (Lipinski definition) is 3. The Balaban J connectivity index is 2.76. The van der Waals surface area contributed by atoms with E-state index in [1.54, 1.807) is 0 Å². The van der Waals surface area contributed by atoms with Crippen LogP contribution >= 0.6 is 11.6 Å². The van der Waals surface area contributed by atoms with Gasteiger partial charge in [0.05, 0.1) is 10.6 Å². The maximum absolute atomic E-state index is 11.5. The molecule has 0 N–H and O–H groups in total. The Bertz CT molecular complexity index is 505. The first kappa shape index (κ1) is 9.68. The van der Waals surface area contributed by atoms with Gasteiger partial charge in [0.2, 0.25) is 0 Å². The number of Topliss-reactive ketones (excluding diaryl/α,β-unsaturated/α-hetero) is 1. The highest BCUT2D eigenvalue weighted by Crippen LogP contribution is 2.27. The van der Waals surface area contributed by atoms with Crippen molar-refractivity contribution in [3.8, 4) is 0 Å². The van der Waals surface area contributed by atoms with E-state index in [0.717, 1.165) is 0 Å². The van der Waals surface area contributed by atoms with Gasteiger partial charge < -0.3 is 0 Å². The first-order valence-electron chi connectivity index (χ1n) is 4.06. The van der Waals surface area contributed by atoms with Gasteiger partial charge in [-0.15, -0.1) is 0 Å². The van der Waals surface area contributed by atoms with E-state index in [1.807, 2.05) is 0 Å². The van der Waals surface area contributed by atoms with Crippen molar-refractivity contribution in [3.05, 3.63) is 28.8 Å². The fraction of sp³-hybridized carbons (Fsp3) is 0.222. The summed E-state index contributed by atoms with van der Waals surface area (Å²) in [6.45, 7) is 0. The van der Waals surface area contributed by atoms with Crippen LogP contribution in [0.25, 0.3) is 0 Å². The Morgan fingerprint density at radius 2 is 2.00 bits per heavy atom. The number of benzene rings is 1. The van der Waals surface area contributed by atoms with Crippen LogP contribution in [-0.4, -0.2) is 20.0 Å². The first-order valence-corrected chi connectivity index (χ1v) is 6.09. The maximum Gasteiger partial charge on any atom is 0.179 e. The molecule has 0 saturated carbocycles. The molecule has 3 nitrogen and oxygen atoms in total. The second-order valence-corrected chi connectivity index (χ2v) is 5.65. The van der Waals surface area contributed by atoms with E-state index >= 15 is 0 Å². The normalized spacial score (nSPS) is 19.1. The summed E-state index contributed by atoms with van der Waals surface area (Å²) >= 11 is 5.69. The van der Waals surface area contributed by atoms with Crippen LogP contribution in [0.3, 0.4) is 0 Å². The predicted molar refractivity (Wildman–Crippen MR) is 52.5 cm³/mol. The van der Waals surface area contributed by atoms with E-state index in [2.05, 4.69) is 0 Å². The van der Waals surface area contributed by atoms with Crippen molar-refractivity contribution in [3.63, 3.8) is 0 Å². The average Bonchev–Trinajstić information content (AvgIpc) is 2.12. The van der Waals surface area contributed by atoms with Crippen LogP contribution in [0.15, 0.2) is 23.1 Å². The minimum atomic E-state index is -3.27. The molecule has 0 unspecified atom stereocenters. The Morgan fingerprint density at radius 3 is 2.71 bits per heavy atom. The van der Waals surface area contributed by atoms with Crippen molar-refractivity contribution in [1.29, 1.82) is 0 Å². The zero-order valence-electron chi connectivity index (χ0n) is 7.16. The number of carbonyl (C=O) groups excluding carboxylic acids is 1. The van der Waals surface area contributed by atoms with Crippen molar-refractivity contribution in [2.45, 2.75) is 11.3 Å². The van der Waals surface area contributed by atoms with Gasteiger partial charge in [-0.1, -0.05) is 11.6 Å². The quantitative estimate of drug-likeness (QED) is 0.682.